The van der Waals surface area contributed by atoms with Crippen molar-refractivity contribution in [1.82, 2.24) is 10.6 Å². The van der Waals surface area contributed by atoms with Crippen molar-refractivity contribution >= 4 is 11.9 Å². The van der Waals surface area contributed by atoms with E-state index >= 15 is 0 Å². The van der Waals surface area contributed by atoms with Gasteiger partial charge < -0.3 is 30.0 Å². The van der Waals surface area contributed by atoms with Gasteiger partial charge in [-0.3, -0.25) is 9.59 Å². The molecule has 8 nitrogen and oxygen atoms in total. The van der Waals surface area contributed by atoms with Crippen molar-refractivity contribution in [1.29, 1.82) is 0 Å². The number of carbonyl (C=O) groups is 2. The summed E-state index contributed by atoms with van der Waals surface area (Å²) in [4.78, 5) is 24.0. The van der Waals surface area contributed by atoms with Crippen molar-refractivity contribution in [2.75, 3.05) is 26.3 Å². The molecule has 43 heavy (non-hydrogen) atoms. The van der Waals surface area contributed by atoms with Crippen LogP contribution in [0.25, 0.3) is 0 Å². The van der Waals surface area contributed by atoms with Crippen LogP contribution in [-0.2, 0) is 30.4 Å². The lowest BCUT2D eigenvalue weighted by Crippen LogP contribution is -2.41. The first-order valence-electron chi connectivity index (χ1n) is 17.2. The van der Waals surface area contributed by atoms with Crippen LogP contribution in [0.4, 0.5) is 0 Å². The number of hydrogen-bond acceptors (Lipinski definition) is 6. The molecule has 1 aliphatic rings. The number of nitrogens with one attached hydrogen (secondary N) is 2. The van der Waals surface area contributed by atoms with Gasteiger partial charge in [-0.1, -0.05) is 95.0 Å². The monoisotopic (exact) mass is 604 g/mol. The third kappa shape index (κ3) is 20.6. The second-order valence-corrected chi connectivity index (χ2v) is 12.0. The second-order valence-electron chi connectivity index (χ2n) is 12.0. The van der Waals surface area contributed by atoms with E-state index < -0.39 is 5.97 Å². The zero-order valence-electron chi connectivity index (χ0n) is 26.9. The number of aliphatic carboxylic acids is 1. The van der Waals surface area contributed by atoms with E-state index in [4.69, 9.17) is 19.3 Å². The molecule has 1 saturated heterocycles. The fourth-order valence-corrected chi connectivity index (χ4v) is 5.44. The van der Waals surface area contributed by atoms with Gasteiger partial charge in [0, 0.05) is 13.0 Å². The minimum Gasteiger partial charge on any atom is -0.481 e. The average Bonchev–Trinajstić information content (AvgIpc) is 3.01. The highest BCUT2D eigenvalue weighted by Crippen LogP contribution is 2.17. The lowest BCUT2D eigenvalue weighted by atomic mass is 10.0. The summed E-state index contributed by atoms with van der Waals surface area (Å²) in [6.07, 6.45) is 17.8. The van der Waals surface area contributed by atoms with Gasteiger partial charge in [0.2, 0.25) is 5.91 Å². The molecule has 0 radical (unpaired) electrons. The summed E-state index contributed by atoms with van der Waals surface area (Å²) in [5.41, 5.74) is 1.12. The Bertz CT molecular complexity index is 818. The van der Waals surface area contributed by atoms with Gasteiger partial charge >= 0.3 is 5.97 Å². The van der Waals surface area contributed by atoms with Crippen molar-refractivity contribution in [2.24, 2.45) is 0 Å². The molecule has 1 aliphatic heterocycles. The zero-order valence-corrected chi connectivity index (χ0v) is 26.9. The number of carbonyl (C=O) groups excluding carboxylic acids is 1. The fraction of sp³-hybridized carbons (Fsp3) is 0.771. The van der Waals surface area contributed by atoms with Crippen LogP contribution in [0.1, 0.15) is 128 Å². The molecule has 0 spiro atoms. The van der Waals surface area contributed by atoms with Crippen molar-refractivity contribution in [3.63, 3.8) is 0 Å². The van der Waals surface area contributed by atoms with Crippen molar-refractivity contribution < 1.29 is 28.9 Å². The summed E-state index contributed by atoms with van der Waals surface area (Å²) in [6.45, 7) is 5.35. The Morgan fingerprint density at radius 3 is 2.35 bits per heavy atom. The smallest absolute Gasteiger partial charge is 0.303 e. The number of unbranched alkanes of at least 4 members (excludes halogenated alkanes) is 8. The highest BCUT2D eigenvalue weighted by molar-refractivity contribution is 5.76. The maximum absolute atomic E-state index is 13.3. The van der Waals surface area contributed by atoms with Gasteiger partial charge in [0.1, 0.15) is 0 Å². The minimum absolute atomic E-state index is 0.00145. The Kier molecular flexibility index (Phi) is 21.9. The lowest BCUT2D eigenvalue weighted by molar-refractivity contribution is -0.167. The van der Waals surface area contributed by atoms with Crippen LogP contribution in [-0.4, -0.2) is 61.7 Å². The van der Waals surface area contributed by atoms with Crippen LogP contribution in [0, 0.1) is 0 Å². The Labute approximate surface area is 261 Å². The molecule has 1 aromatic carbocycles. The molecule has 1 amide bonds. The van der Waals surface area contributed by atoms with E-state index in [-0.39, 0.29) is 30.8 Å². The normalized spacial score (nSPS) is 16.5. The summed E-state index contributed by atoms with van der Waals surface area (Å²) in [5.74, 6) is -0.767. The molecule has 2 unspecified atom stereocenters. The van der Waals surface area contributed by atoms with E-state index in [1.807, 2.05) is 18.2 Å². The molecule has 1 aromatic rings. The maximum atomic E-state index is 13.3. The van der Waals surface area contributed by atoms with Crippen LogP contribution < -0.4 is 10.6 Å². The minimum atomic E-state index is -0.768. The number of amides is 1. The van der Waals surface area contributed by atoms with Gasteiger partial charge in [-0.2, -0.15) is 0 Å². The highest BCUT2D eigenvalue weighted by atomic mass is 16.7. The second kappa shape index (κ2) is 25.3. The molecule has 1 heterocycles. The van der Waals surface area contributed by atoms with E-state index in [9.17, 15) is 9.59 Å². The SMILES string of the molecule is CCCCCCCCCCC[C@H](CC(=O)NC(CCCNCCCC(=O)O)COC1CCCCO1)OCc1ccccc1. The number of hydrogen-bond donors (Lipinski definition) is 3. The van der Waals surface area contributed by atoms with Crippen molar-refractivity contribution in [3.05, 3.63) is 35.9 Å². The predicted octanol–water partition coefficient (Wildman–Crippen LogP) is 7.15. The van der Waals surface area contributed by atoms with E-state index in [1.54, 1.807) is 0 Å². The molecular weight excluding hydrogens is 544 g/mol. The number of benzene rings is 1. The molecule has 8 heteroatoms. The highest BCUT2D eigenvalue weighted by Gasteiger charge is 2.21. The van der Waals surface area contributed by atoms with Gasteiger partial charge in [-0.25, -0.2) is 0 Å². The molecule has 246 valence electrons. The lowest BCUT2D eigenvalue weighted by Gasteiger charge is -2.26. The summed E-state index contributed by atoms with van der Waals surface area (Å²) in [6, 6.07) is 10.0. The Balaban J connectivity index is 1.81. The molecule has 0 bridgehead atoms. The number of carboxylic acids is 1. The fourth-order valence-electron chi connectivity index (χ4n) is 5.44. The Morgan fingerprint density at radius 2 is 1.65 bits per heavy atom. The first kappa shape index (κ1) is 37.2. The molecule has 3 atom stereocenters. The molecule has 0 aromatic heterocycles. The summed E-state index contributed by atoms with van der Waals surface area (Å²) < 4.78 is 18.1. The van der Waals surface area contributed by atoms with Crippen LogP contribution in [0.15, 0.2) is 30.3 Å². The van der Waals surface area contributed by atoms with E-state index in [2.05, 4.69) is 29.7 Å². The molecule has 0 saturated carbocycles. The first-order valence-corrected chi connectivity index (χ1v) is 17.2. The topological polar surface area (TPSA) is 106 Å². The maximum Gasteiger partial charge on any atom is 0.303 e. The van der Waals surface area contributed by atoms with E-state index in [1.165, 1.54) is 51.4 Å². The summed E-state index contributed by atoms with van der Waals surface area (Å²) >= 11 is 0. The Morgan fingerprint density at radius 1 is 0.930 bits per heavy atom. The number of ether oxygens (including phenoxy) is 3. The van der Waals surface area contributed by atoms with Crippen LogP contribution in [0.5, 0.6) is 0 Å². The third-order valence-electron chi connectivity index (χ3n) is 8.01. The van der Waals surface area contributed by atoms with Crippen molar-refractivity contribution in [2.45, 2.75) is 148 Å². The van der Waals surface area contributed by atoms with Gasteiger partial charge in [-0.05, 0) is 63.6 Å². The average molecular weight is 605 g/mol. The van der Waals surface area contributed by atoms with Crippen LogP contribution in [0.2, 0.25) is 0 Å². The molecular formula is C35H60N2O6. The standard InChI is InChI=1S/C35H60N2O6/c1-2-3-4-5-6-7-8-9-13-21-32(42-28-30-18-11-10-12-19-30)27-33(38)37-31(29-43-35-23-14-15-26-41-35)20-16-24-36-25-17-22-34(39)40/h10-12,18-19,31-32,35-36H,2-9,13-17,20-29H2,1H3,(H,37,38)(H,39,40)/t31?,32-,35?/m1/s1. The van der Waals surface area contributed by atoms with Crippen LogP contribution in [0.3, 0.4) is 0 Å². The summed E-state index contributed by atoms with van der Waals surface area (Å²) in [7, 11) is 0. The molecule has 0 aliphatic carbocycles. The third-order valence-corrected chi connectivity index (χ3v) is 8.01. The molecule has 1 fully saturated rings. The zero-order chi connectivity index (χ0) is 30.8. The number of rotatable bonds is 27. The van der Waals surface area contributed by atoms with E-state index in [0.717, 1.165) is 63.7 Å². The molecule has 3 N–H and O–H groups in total. The van der Waals surface area contributed by atoms with Crippen molar-refractivity contribution in [3.8, 4) is 0 Å². The Hall–Kier alpha value is -2.00. The number of carboxylic acid groups (broad SMARTS) is 1. The van der Waals surface area contributed by atoms with Gasteiger partial charge in [0.15, 0.2) is 6.29 Å². The first-order chi connectivity index (χ1) is 21.1. The quantitative estimate of drug-likeness (QED) is 0.0916. The van der Waals surface area contributed by atoms with Gasteiger partial charge in [0.25, 0.3) is 0 Å². The predicted molar refractivity (Wildman–Crippen MR) is 172 cm³/mol. The largest absolute Gasteiger partial charge is 0.481 e. The van der Waals surface area contributed by atoms with E-state index in [0.29, 0.717) is 32.6 Å². The summed E-state index contributed by atoms with van der Waals surface area (Å²) in [5, 5.41) is 15.3. The van der Waals surface area contributed by atoms with Gasteiger partial charge in [-0.15, -0.1) is 0 Å². The molecule has 2 rings (SSSR count). The van der Waals surface area contributed by atoms with Gasteiger partial charge in [0.05, 0.1) is 31.8 Å². The van der Waals surface area contributed by atoms with Crippen LogP contribution >= 0.6 is 0 Å².